The lowest BCUT2D eigenvalue weighted by molar-refractivity contribution is -0.140. The van der Waals surface area contributed by atoms with Gasteiger partial charge in [0.2, 0.25) is 0 Å². The summed E-state index contributed by atoms with van der Waals surface area (Å²) in [5.74, 6) is -1.51. The van der Waals surface area contributed by atoms with Gasteiger partial charge in [-0.2, -0.15) is 13.2 Å². The van der Waals surface area contributed by atoms with Gasteiger partial charge in [-0.3, -0.25) is 4.79 Å². The van der Waals surface area contributed by atoms with Crippen molar-refractivity contribution < 1.29 is 27.1 Å². The van der Waals surface area contributed by atoms with Gasteiger partial charge in [-0.1, -0.05) is 35.9 Å². The number of nitrogens with zero attached hydrogens (tertiary/aromatic N) is 1. The lowest BCUT2D eigenvalue weighted by Gasteiger charge is -2.15. The van der Waals surface area contributed by atoms with Crippen LogP contribution in [-0.2, 0) is 6.18 Å². The maximum Gasteiger partial charge on any atom is 0.433 e. The van der Waals surface area contributed by atoms with Crippen LogP contribution in [0, 0.1) is 5.82 Å². The molecule has 4 aromatic rings. The summed E-state index contributed by atoms with van der Waals surface area (Å²) in [5.41, 5.74) is -0.423. The van der Waals surface area contributed by atoms with Gasteiger partial charge in [-0.15, -0.1) is 0 Å². The number of rotatable bonds is 5. The Balaban J connectivity index is 1.65. The van der Waals surface area contributed by atoms with Crippen molar-refractivity contribution >= 4 is 45.5 Å². The van der Waals surface area contributed by atoms with E-state index in [4.69, 9.17) is 16.3 Å². The molecular weight excluding hydrogens is 474 g/mol. The summed E-state index contributed by atoms with van der Waals surface area (Å²) < 4.78 is 59.3. The minimum absolute atomic E-state index is 0.133. The predicted molar refractivity (Wildman–Crippen MR) is 122 cm³/mol. The number of alkyl halides is 3. The van der Waals surface area contributed by atoms with Gasteiger partial charge in [0, 0.05) is 16.8 Å². The molecule has 10 heteroatoms. The van der Waals surface area contributed by atoms with E-state index in [2.05, 4.69) is 15.6 Å². The summed E-state index contributed by atoms with van der Waals surface area (Å²) in [5, 5.41) is 5.78. The van der Waals surface area contributed by atoms with Gasteiger partial charge in [0.15, 0.2) is 0 Å². The number of methoxy groups -OCH3 is 1. The number of hydrogen-bond donors (Lipinski definition) is 2. The third-order valence-electron chi connectivity index (χ3n) is 4.91. The highest BCUT2D eigenvalue weighted by Crippen LogP contribution is 2.35. The van der Waals surface area contributed by atoms with Crippen LogP contribution in [0.5, 0.6) is 5.75 Å². The maximum absolute atomic E-state index is 14.3. The van der Waals surface area contributed by atoms with Crippen molar-refractivity contribution in [1.82, 2.24) is 4.98 Å². The van der Waals surface area contributed by atoms with Crippen LogP contribution in [0.4, 0.5) is 34.6 Å². The molecule has 4 rings (SSSR count). The Hall–Kier alpha value is -3.85. The normalized spacial score (nSPS) is 11.4. The Morgan fingerprint density at radius 3 is 2.47 bits per heavy atom. The van der Waals surface area contributed by atoms with Crippen molar-refractivity contribution in [2.75, 3.05) is 17.7 Å². The monoisotopic (exact) mass is 489 g/mol. The topological polar surface area (TPSA) is 63.2 Å². The highest BCUT2D eigenvalue weighted by Gasteiger charge is 2.33. The van der Waals surface area contributed by atoms with E-state index in [9.17, 15) is 22.4 Å². The first-order chi connectivity index (χ1) is 16.2. The second-order valence-corrected chi connectivity index (χ2v) is 7.55. The number of carbonyl (C=O) groups excluding carboxylic acids is 1. The van der Waals surface area contributed by atoms with Gasteiger partial charge >= 0.3 is 6.18 Å². The number of para-hydroxylation sites is 1. The molecule has 0 radical (unpaired) electrons. The van der Waals surface area contributed by atoms with Crippen LogP contribution in [0.15, 0.2) is 66.7 Å². The largest absolute Gasteiger partial charge is 0.495 e. The van der Waals surface area contributed by atoms with Crippen LogP contribution in [0.25, 0.3) is 10.9 Å². The summed E-state index contributed by atoms with van der Waals surface area (Å²) >= 11 is 6.08. The number of ether oxygens (including phenoxy) is 1. The average Bonchev–Trinajstić information content (AvgIpc) is 2.79. The van der Waals surface area contributed by atoms with Crippen LogP contribution in [0.3, 0.4) is 0 Å². The van der Waals surface area contributed by atoms with E-state index >= 15 is 0 Å². The molecule has 0 bridgehead atoms. The molecule has 1 amide bonds. The zero-order valence-corrected chi connectivity index (χ0v) is 18.3. The molecule has 2 N–H and O–H groups in total. The Morgan fingerprint density at radius 2 is 1.74 bits per heavy atom. The van der Waals surface area contributed by atoms with E-state index in [0.717, 1.165) is 12.1 Å². The molecule has 5 nitrogen and oxygen atoms in total. The molecule has 34 heavy (non-hydrogen) atoms. The smallest absolute Gasteiger partial charge is 0.433 e. The summed E-state index contributed by atoms with van der Waals surface area (Å²) in [6.45, 7) is 0. The number of aromatic nitrogens is 1. The first-order valence-electron chi connectivity index (χ1n) is 9.85. The Bertz CT molecular complexity index is 1390. The predicted octanol–water partition coefficient (Wildman–Crippen LogP) is 7.05. The molecule has 1 aromatic heterocycles. The van der Waals surface area contributed by atoms with Crippen LogP contribution >= 0.6 is 11.6 Å². The van der Waals surface area contributed by atoms with Crippen LogP contribution in [0.1, 0.15) is 16.1 Å². The Labute approximate surface area is 196 Å². The molecule has 1 heterocycles. The number of fused-ring (bicyclic) bond motifs is 1. The zero-order chi connectivity index (χ0) is 24.5. The molecule has 174 valence electrons. The minimum Gasteiger partial charge on any atom is -0.495 e. The fourth-order valence-corrected chi connectivity index (χ4v) is 3.66. The lowest BCUT2D eigenvalue weighted by Crippen LogP contribution is -2.15. The molecular formula is C24H16ClF4N3O2. The van der Waals surface area contributed by atoms with Crippen molar-refractivity contribution in [2.24, 2.45) is 0 Å². The molecule has 0 fully saturated rings. The summed E-state index contributed by atoms with van der Waals surface area (Å²) in [6.07, 6.45) is -4.63. The second kappa shape index (κ2) is 9.18. The SMILES string of the molecule is COc1ccc(F)c(C(=O)Nc2cccc(Nc3cc(C(F)(F)F)nc4ccccc34)c2)c1Cl. The Morgan fingerprint density at radius 1 is 1.00 bits per heavy atom. The van der Waals surface area contributed by atoms with E-state index in [1.807, 2.05) is 0 Å². The quantitative estimate of drug-likeness (QED) is 0.295. The first-order valence-corrected chi connectivity index (χ1v) is 10.2. The fourth-order valence-electron chi connectivity index (χ4n) is 3.35. The number of benzene rings is 3. The fraction of sp³-hybridized carbons (Fsp3) is 0.0833. The molecule has 0 atom stereocenters. The number of anilines is 3. The maximum atomic E-state index is 14.3. The number of hydrogen-bond acceptors (Lipinski definition) is 4. The van der Waals surface area contributed by atoms with Crippen LogP contribution in [0.2, 0.25) is 5.02 Å². The summed E-state index contributed by atoms with van der Waals surface area (Å²) in [6, 6.07) is 15.9. The molecule has 0 aliphatic heterocycles. The van der Waals surface area contributed by atoms with Crippen molar-refractivity contribution in [2.45, 2.75) is 6.18 Å². The van der Waals surface area contributed by atoms with Gasteiger partial charge in [0.25, 0.3) is 5.91 Å². The number of halogens is 5. The third kappa shape index (κ3) is 4.74. The van der Waals surface area contributed by atoms with Gasteiger partial charge < -0.3 is 15.4 Å². The second-order valence-electron chi connectivity index (χ2n) is 7.17. The van der Waals surface area contributed by atoms with Crippen LogP contribution < -0.4 is 15.4 Å². The Kier molecular flexibility index (Phi) is 6.30. The van der Waals surface area contributed by atoms with Crippen molar-refractivity contribution in [1.29, 1.82) is 0 Å². The van der Waals surface area contributed by atoms with Gasteiger partial charge in [0.1, 0.15) is 17.3 Å². The number of amides is 1. The summed E-state index contributed by atoms with van der Waals surface area (Å²) in [4.78, 5) is 16.4. The lowest BCUT2D eigenvalue weighted by atomic mass is 10.1. The van der Waals surface area contributed by atoms with Crippen LogP contribution in [-0.4, -0.2) is 18.0 Å². The van der Waals surface area contributed by atoms with Crippen molar-refractivity contribution in [3.05, 3.63) is 88.8 Å². The van der Waals surface area contributed by atoms with Gasteiger partial charge in [-0.25, -0.2) is 9.37 Å². The average molecular weight is 490 g/mol. The molecule has 0 aliphatic rings. The molecule has 0 unspecified atom stereocenters. The minimum atomic E-state index is -4.63. The standard InChI is InChI=1S/C24H16ClF4N3O2/c1-34-19-10-9-16(26)21(22(19)25)23(33)31-14-6-4-5-13(11-14)30-18-12-20(24(27,28)29)32-17-8-3-2-7-15(17)18/h2-12H,1H3,(H,30,32)(H,31,33). The zero-order valence-electron chi connectivity index (χ0n) is 17.5. The molecule has 0 spiro atoms. The molecule has 0 saturated heterocycles. The van der Waals surface area contributed by atoms with Crippen molar-refractivity contribution in [3.8, 4) is 5.75 Å². The van der Waals surface area contributed by atoms with E-state index in [-0.39, 0.29) is 27.7 Å². The van der Waals surface area contributed by atoms with E-state index in [0.29, 0.717) is 11.1 Å². The number of pyridine rings is 1. The number of nitrogens with one attached hydrogen (secondary N) is 2. The molecule has 0 saturated carbocycles. The first kappa shape index (κ1) is 23.3. The highest BCUT2D eigenvalue weighted by molar-refractivity contribution is 6.35. The highest BCUT2D eigenvalue weighted by atomic mass is 35.5. The molecule has 3 aromatic carbocycles. The van der Waals surface area contributed by atoms with Gasteiger partial charge in [0.05, 0.1) is 28.9 Å². The van der Waals surface area contributed by atoms with E-state index in [1.165, 1.54) is 25.3 Å². The van der Waals surface area contributed by atoms with E-state index < -0.39 is 29.2 Å². The van der Waals surface area contributed by atoms with Gasteiger partial charge in [-0.05, 0) is 42.5 Å². The molecule has 0 aliphatic carbocycles. The van der Waals surface area contributed by atoms with Crippen molar-refractivity contribution in [3.63, 3.8) is 0 Å². The third-order valence-corrected chi connectivity index (χ3v) is 5.28. The number of carbonyl (C=O) groups is 1. The summed E-state index contributed by atoms with van der Waals surface area (Å²) in [7, 11) is 1.34. The van der Waals surface area contributed by atoms with E-state index in [1.54, 1.807) is 36.4 Å².